The largest absolute Gasteiger partial charge is 0.435 e. The number of nitrogens with one attached hydrogen (secondary N) is 2. The fraction of sp³-hybridized carbons (Fsp3) is 0.320. The molecule has 0 spiro atoms. The normalized spacial score (nSPS) is 19.9. The first kappa shape index (κ1) is 24.3. The molecular formula is C25H20ClF2N5O5. The molecule has 1 atom stereocenters. The predicted octanol–water partition coefficient (Wildman–Crippen LogP) is 3.85. The summed E-state index contributed by atoms with van der Waals surface area (Å²) in [4.78, 5) is 38.6. The molecule has 0 radical (unpaired) electrons. The summed E-state index contributed by atoms with van der Waals surface area (Å²) >= 11 is 6.60. The number of piperidine rings is 1. The second-order valence-electron chi connectivity index (χ2n) is 9.41. The minimum absolute atomic E-state index is 0.0346. The lowest BCUT2D eigenvalue weighted by atomic mass is 9.99. The van der Waals surface area contributed by atoms with Gasteiger partial charge in [-0.05, 0) is 55.2 Å². The Morgan fingerprint density at radius 1 is 1.18 bits per heavy atom. The van der Waals surface area contributed by atoms with Crippen molar-refractivity contribution in [3.8, 4) is 17.2 Å². The number of carbonyl (C=O) groups excluding carboxylic acids is 3. The van der Waals surface area contributed by atoms with Crippen LogP contribution in [0.15, 0.2) is 40.8 Å². The molecule has 2 N–H and O–H groups in total. The lowest BCUT2D eigenvalue weighted by Crippen LogP contribution is -2.52. The van der Waals surface area contributed by atoms with Gasteiger partial charge in [-0.3, -0.25) is 19.7 Å². The van der Waals surface area contributed by atoms with Crippen LogP contribution >= 0.6 is 11.6 Å². The van der Waals surface area contributed by atoms with Gasteiger partial charge in [0.25, 0.3) is 5.91 Å². The highest BCUT2D eigenvalue weighted by molar-refractivity contribution is 6.32. The fourth-order valence-corrected chi connectivity index (χ4v) is 5.18. The van der Waals surface area contributed by atoms with Crippen LogP contribution in [0.2, 0.25) is 5.02 Å². The van der Waals surface area contributed by atoms with E-state index >= 15 is 0 Å². The first-order valence-electron chi connectivity index (χ1n) is 11.9. The standard InChI is InChI=1S/C25H20ClF2N5O5/c26-17-10-13(9-15-16(17)11-33(22(15)36)18-4-5-19(34)29-20(18)35)25(6-7-25)30-24-32-31-21(38-24)12-2-1-3-14(8-12)37-23(27)28/h1-3,8-10,18,23H,4-7,11H2,(H,30,32)(H,29,34,35). The quantitative estimate of drug-likeness (QED) is 0.430. The van der Waals surface area contributed by atoms with Crippen LogP contribution in [0.3, 0.4) is 0 Å². The lowest BCUT2D eigenvalue weighted by molar-refractivity contribution is -0.136. The van der Waals surface area contributed by atoms with Crippen molar-refractivity contribution in [3.05, 3.63) is 58.1 Å². The van der Waals surface area contributed by atoms with Gasteiger partial charge in [0.2, 0.25) is 17.7 Å². The van der Waals surface area contributed by atoms with Crippen LogP contribution in [0.4, 0.5) is 14.8 Å². The third-order valence-electron chi connectivity index (χ3n) is 6.98. The Morgan fingerprint density at radius 2 is 2.00 bits per heavy atom. The summed E-state index contributed by atoms with van der Waals surface area (Å²) in [5.41, 5.74) is 1.62. The van der Waals surface area contributed by atoms with E-state index in [1.54, 1.807) is 18.2 Å². The molecule has 1 saturated carbocycles. The SMILES string of the molecule is O=C1CCC(N2Cc3c(Cl)cc(C4(Nc5nnc(-c6cccc(OC(F)F)c6)o5)CC4)cc3C2=O)C(=O)N1. The van der Waals surface area contributed by atoms with Gasteiger partial charge < -0.3 is 19.4 Å². The van der Waals surface area contributed by atoms with Gasteiger partial charge in [0, 0.05) is 34.7 Å². The molecule has 3 aliphatic rings. The van der Waals surface area contributed by atoms with Gasteiger partial charge in [0.1, 0.15) is 11.8 Å². The maximum absolute atomic E-state index is 13.3. The van der Waals surface area contributed by atoms with E-state index in [1.807, 2.05) is 0 Å². The summed E-state index contributed by atoms with van der Waals surface area (Å²) < 4.78 is 35.3. The molecule has 6 rings (SSSR count). The highest BCUT2D eigenvalue weighted by atomic mass is 35.5. The summed E-state index contributed by atoms with van der Waals surface area (Å²) in [6.07, 6.45) is 1.85. The van der Waals surface area contributed by atoms with E-state index in [2.05, 4.69) is 25.6 Å². The zero-order chi connectivity index (χ0) is 26.6. The average molecular weight is 544 g/mol. The highest BCUT2D eigenvalue weighted by Crippen LogP contribution is 2.50. The average Bonchev–Trinajstić information content (AvgIpc) is 3.37. The maximum Gasteiger partial charge on any atom is 0.387 e. The van der Waals surface area contributed by atoms with Gasteiger partial charge >= 0.3 is 12.6 Å². The van der Waals surface area contributed by atoms with E-state index < -0.39 is 24.1 Å². The van der Waals surface area contributed by atoms with E-state index in [1.165, 1.54) is 23.1 Å². The number of imide groups is 1. The zero-order valence-electron chi connectivity index (χ0n) is 19.7. The molecule has 10 nitrogen and oxygen atoms in total. The fourth-order valence-electron chi connectivity index (χ4n) is 4.90. The third kappa shape index (κ3) is 4.34. The molecule has 3 aromatic rings. The Morgan fingerprint density at radius 3 is 2.74 bits per heavy atom. The van der Waals surface area contributed by atoms with Crippen LogP contribution in [0, 0.1) is 0 Å². The Kier molecular flexibility index (Phi) is 5.78. The number of anilines is 1. The summed E-state index contributed by atoms with van der Waals surface area (Å²) in [5, 5.41) is 13.9. The topological polar surface area (TPSA) is 127 Å². The van der Waals surface area contributed by atoms with Crippen LogP contribution in [-0.2, 0) is 21.7 Å². The van der Waals surface area contributed by atoms with Crippen molar-refractivity contribution in [2.24, 2.45) is 0 Å². The molecule has 196 valence electrons. The molecule has 38 heavy (non-hydrogen) atoms. The van der Waals surface area contributed by atoms with Crippen LogP contribution < -0.4 is 15.4 Å². The molecule has 3 heterocycles. The molecule has 1 aromatic heterocycles. The zero-order valence-corrected chi connectivity index (χ0v) is 20.4. The van der Waals surface area contributed by atoms with E-state index in [-0.39, 0.29) is 48.9 Å². The molecule has 2 aromatic carbocycles. The molecule has 1 aliphatic carbocycles. The van der Waals surface area contributed by atoms with E-state index in [9.17, 15) is 23.2 Å². The number of rotatable bonds is 7. The van der Waals surface area contributed by atoms with Gasteiger partial charge in [-0.1, -0.05) is 22.8 Å². The van der Waals surface area contributed by atoms with Gasteiger partial charge in [-0.25, -0.2) is 0 Å². The van der Waals surface area contributed by atoms with Crippen molar-refractivity contribution < 1.29 is 32.3 Å². The number of benzene rings is 2. The summed E-state index contributed by atoms with van der Waals surface area (Å²) in [6.45, 7) is -2.77. The minimum atomic E-state index is -2.96. The summed E-state index contributed by atoms with van der Waals surface area (Å²) in [6, 6.07) is 8.85. The molecule has 13 heteroatoms. The van der Waals surface area contributed by atoms with Gasteiger partial charge in [-0.2, -0.15) is 8.78 Å². The first-order chi connectivity index (χ1) is 18.2. The molecule has 1 unspecified atom stereocenters. The van der Waals surface area contributed by atoms with Crippen LogP contribution in [0.25, 0.3) is 11.5 Å². The Hall–Kier alpha value is -4.06. The number of fused-ring (bicyclic) bond motifs is 1. The highest BCUT2D eigenvalue weighted by Gasteiger charge is 2.48. The van der Waals surface area contributed by atoms with Crippen molar-refractivity contribution in [1.29, 1.82) is 0 Å². The number of halogens is 3. The molecular weight excluding hydrogens is 524 g/mol. The Balaban J connectivity index is 1.22. The first-order valence-corrected chi connectivity index (χ1v) is 12.2. The predicted molar refractivity (Wildman–Crippen MR) is 128 cm³/mol. The van der Waals surface area contributed by atoms with Crippen molar-refractivity contribution in [3.63, 3.8) is 0 Å². The summed E-state index contributed by atoms with van der Waals surface area (Å²) in [5.74, 6) is -1.08. The van der Waals surface area contributed by atoms with Crippen molar-refractivity contribution in [1.82, 2.24) is 20.4 Å². The second-order valence-corrected chi connectivity index (χ2v) is 9.82. The second kappa shape index (κ2) is 9.05. The molecule has 1 saturated heterocycles. The van der Waals surface area contributed by atoms with E-state index in [0.29, 0.717) is 34.6 Å². The van der Waals surface area contributed by atoms with Crippen LogP contribution in [-0.4, -0.2) is 45.5 Å². The number of carbonyl (C=O) groups is 3. The molecule has 3 amide bonds. The minimum Gasteiger partial charge on any atom is -0.435 e. The van der Waals surface area contributed by atoms with Crippen molar-refractivity contribution in [2.45, 2.75) is 50.4 Å². The number of ether oxygens (including phenoxy) is 1. The van der Waals surface area contributed by atoms with Crippen LogP contribution in [0.1, 0.15) is 47.2 Å². The number of alkyl halides is 2. The smallest absolute Gasteiger partial charge is 0.387 e. The van der Waals surface area contributed by atoms with E-state index in [4.69, 9.17) is 16.0 Å². The number of nitrogens with zero attached hydrogens (tertiary/aromatic N) is 3. The van der Waals surface area contributed by atoms with Gasteiger partial charge in [0.15, 0.2) is 0 Å². The number of amides is 3. The van der Waals surface area contributed by atoms with Crippen molar-refractivity contribution >= 4 is 35.3 Å². The molecule has 2 aliphatic heterocycles. The Bertz CT molecular complexity index is 1470. The third-order valence-corrected chi connectivity index (χ3v) is 7.32. The van der Waals surface area contributed by atoms with E-state index in [0.717, 1.165) is 5.56 Å². The van der Waals surface area contributed by atoms with Crippen molar-refractivity contribution in [2.75, 3.05) is 5.32 Å². The lowest BCUT2D eigenvalue weighted by Gasteiger charge is -2.29. The Labute approximate surface area is 219 Å². The maximum atomic E-state index is 13.3. The monoisotopic (exact) mass is 543 g/mol. The number of aromatic nitrogens is 2. The van der Waals surface area contributed by atoms with Gasteiger partial charge in [-0.15, -0.1) is 5.10 Å². The van der Waals surface area contributed by atoms with Gasteiger partial charge in [0.05, 0.1) is 5.54 Å². The molecule has 0 bridgehead atoms. The molecule has 2 fully saturated rings. The number of hydrogen-bond acceptors (Lipinski definition) is 8. The van der Waals surface area contributed by atoms with Crippen LogP contribution in [0.5, 0.6) is 5.75 Å². The number of hydrogen-bond donors (Lipinski definition) is 2. The summed E-state index contributed by atoms with van der Waals surface area (Å²) in [7, 11) is 0.